The minimum absolute atomic E-state index is 0.0166. The van der Waals surface area contributed by atoms with Gasteiger partial charge in [-0.1, -0.05) is 0 Å². The van der Waals surface area contributed by atoms with E-state index in [1.54, 1.807) is 13.8 Å². The fraction of sp³-hybridized carbons (Fsp3) is 0.250. The number of rotatable bonds is 8. The van der Waals surface area contributed by atoms with Crippen molar-refractivity contribution in [3.8, 4) is 5.75 Å². The quantitative estimate of drug-likeness (QED) is 0.483. The number of methoxy groups -OCH3 is 1. The van der Waals surface area contributed by atoms with Gasteiger partial charge in [0.1, 0.15) is 10.6 Å². The molecule has 0 bridgehead atoms. The molecule has 0 aromatic heterocycles. The van der Waals surface area contributed by atoms with Crippen molar-refractivity contribution in [2.45, 2.75) is 29.7 Å². The lowest BCUT2D eigenvalue weighted by Crippen LogP contribution is -2.30. The number of nitrogens with zero attached hydrogens (tertiary/aromatic N) is 1. The number of benzene rings is 2. The largest absolute Gasteiger partial charge is 0.495 e. The zero-order chi connectivity index (χ0) is 21.1. The number of anilines is 1. The Morgan fingerprint density at radius 2 is 1.61 bits per heavy atom. The van der Waals surface area contributed by atoms with Crippen molar-refractivity contribution in [1.29, 1.82) is 0 Å². The molecule has 0 saturated heterocycles. The normalized spacial score (nSPS) is 12.0. The van der Waals surface area contributed by atoms with Crippen LogP contribution in [0.3, 0.4) is 0 Å². The third kappa shape index (κ3) is 4.97. The van der Waals surface area contributed by atoms with Crippen LogP contribution in [-0.4, -0.2) is 34.9 Å². The number of sulfonamides is 2. The number of nitro benzene ring substituents is 1. The van der Waals surface area contributed by atoms with Gasteiger partial charge in [0.15, 0.2) is 0 Å². The predicted octanol–water partition coefficient (Wildman–Crippen LogP) is 2.09. The van der Waals surface area contributed by atoms with Gasteiger partial charge in [0, 0.05) is 17.8 Å². The molecule has 0 unspecified atom stereocenters. The van der Waals surface area contributed by atoms with E-state index in [4.69, 9.17) is 4.74 Å². The predicted molar refractivity (Wildman–Crippen MR) is 102 cm³/mol. The smallest absolute Gasteiger partial charge is 0.273 e. The summed E-state index contributed by atoms with van der Waals surface area (Å²) in [5, 5.41) is 10.8. The van der Waals surface area contributed by atoms with Gasteiger partial charge in [0.2, 0.25) is 10.0 Å². The first-order chi connectivity index (χ1) is 13.0. The van der Waals surface area contributed by atoms with Gasteiger partial charge in [-0.25, -0.2) is 21.6 Å². The molecule has 0 aliphatic carbocycles. The van der Waals surface area contributed by atoms with Crippen LogP contribution in [0.2, 0.25) is 0 Å². The van der Waals surface area contributed by atoms with Crippen LogP contribution < -0.4 is 14.2 Å². The molecule has 0 heterocycles. The Kier molecular flexibility index (Phi) is 6.27. The van der Waals surface area contributed by atoms with Crippen LogP contribution in [0.5, 0.6) is 5.75 Å². The van der Waals surface area contributed by atoms with Crippen LogP contribution in [0, 0.1) is 10.1 Å². The highest BCUT2D eigenvalue weighted by atomic mass is 32.2. The van der Waals surface area contributed by atoms with Crippen molar-refractivity contribution in [2.75, 3.05) is 11.8 Å². The lowest BCUT2D eigenvalue weighted by atomic mass is 10.3. The number of hydrogen-bond acceptors (Lipinski definition) is 7. The number of non-ortho nitro benzene ring substituents is 1. The van der Waals surface area contributed by atoms with Gasteiger partial charge in [-0.15, -0.1) is 0 Å². The molecule has 0 aliphatic rings. The average molecular weight is 429 g/mol. The SMILES string of the molecule is COc1cc([N+](=O)[O-])ccc1S(=O)(=O)Nc1ccc(S(=O)(=O)NC(C)C)cc1. The maximum absolute atomic E-state index is 12.6. The van der Waals surface area contributed by atoms with Crippen LogP contribution in [0.4, 0.5) is 11.4 Å². The molecule has 28 heavy (non-hydrogen) atoms. The molecule has 2 aromatic rings. The maximum atomic E-state index is 12.6. The molecule has 0 fully saturated rings. The Labute approximate surface area is 162 Å². The highest BCUT2D eigenvalue weighted by molar-refractivity contribution is 7.92. The summed E-state index contributed by atoms with van der Waals surface area (Å²) < 4.78 is 59.1. The van der Waals surface area contributed by atoms with E-state index in [9.17, 15) is 26.9 Å². The Balaban J connectivity index is 2.31. The summed E-state index contributed by atoms with van der Waals surface area (Å²) >= 11 is 0. The minimum Gasteiger partial charge on any atom is -0.495 e. The highest BCUT2D eigenvalue weighted by Gasteiger charge is 2.23. The van der Waals surface area contributed by atoms with Gasteiger partial charge in [0.25, 0.3) is 15.7 Å². The maximum Gasteiger partial charge on any atom is 0.273 e. The Hall–Kier alpha value is -2.70. The molecular formula is C16H19N3O7S2. The number of nitro groups is 1. The number of hydrogen-bond donors (Lipinski definition) is 2. The summed E-state index contributed by atoms with van der Waals surface area (Å²) in [6, 6.07) is 7.93. The van der Waals surface area contributed by atoms with Crippen LogP contribution in [0.15, 0.2) is 52.3 Å². The molecule has 0 radical (unpaired) electrons. The lowest BCUT2D eigenvalue weighted by molar-refractivity contribution is -0.385. The van der Waals surface area contributed by atoms with E-state index in [2.05, 4.69) is 9.44 Å². The van der Waals surface area contributed by atoms with E-state index in [1.165, 1.54) is 31.4 Å². The molecule has 0 saturated carbocycles. The first kappa shape index (κ1) is 21.6. The average Bonchev–Trinajstić information content (AvgIpc) is 2.60. The van der Waals surface area contributed by atoms with E-state index in [0.717, 1.165) is 18.2 Å². The van der Waals surface area contributed by atoms with E-state index in [1.807, 2.05) is 0 Å². The second-order valence-corrected chi connectivity index (χ2v) is 9.36. The van der Waals surface area contributed by atoms with Crippen molar-refractivity contribution >= 4 is 31.4 Å². The molecule has 0 amide bonds. The van der Waals surface area contributed by atoms with E-state index in [0.29, 0.717) is 0 Å². The topological polar surface area (TPSA) is 145 Å². The van der Waals surface area contributed by atoms with Crippen molar-refractivity contribution < 1.29 is 26.5 Å². The van der Waals surface area contributed by atoms with E-state index < -0.39 is 25.0 Å². The molecule has 2 aromatic carbocycles. The third-order valence-electron chi connectivity index (χ3n) is 3.46. The summed E-state index contributed by atoms with van der Waals surface area (Å²) in [6.45, 7) is 3.36. The molecule has 12 heteroatoms. The lowest BCUT2D eigenvalue weighted by Gasteiger charge is -2.13. The molecule has 10 nitrogen and oxygen atoms in total. The van der Waals surface area contributed by atoms with Crippen LogP contribution in [0.25, 0.3) is 0 Å². The zero-order valence-corrected chi connectivity index (χ0v) is 16.9. The number of ether oxygens (including phenoxy) is 1. The summed E-state index contributed by atoms with van der Waals surface area (Å²) in [5.41, 5.74) is -0.202. The van der Waals surface area contributed by atoms with Gasteiger partial charge >= 0.3 is 0 Å². The second kappa shape index (κ2) is 8.12. The molecule has 152 valence electrons. The first-order valence-corrected chi connectivity index (χ1v) is 10.9. The second-order valence-electron chi connectivity index (χ2n) is 6.00. The van der Waals surface area contributed by atoms with Crippen LogP contribution in [0.1, 0.15) is 13.8 Å². The monoisotopic (exact) mass is 429 g/mol. The van der Waals surface area contributed by atoms with Crippen molar-refractivity contribution in [3.05, 3.63) is 52.6 Å². The molecule has 0 atom stereocenters. The standard InChI is InChI=1S/C16H19N3O7S2/c1-11(2)17-27(22,23)14-7-4-12(5-8-14)18-28(24,25)16-9-6-13(19(20)21)10-15(16)26-3/h4-11,17-18H,1-3H3. The van der Waals surface area contributed by atoms with Crippen LogP contribution in [-0.2, 0) is 20.0 Å². The van der Waals surface area contributed by atoms with Gasteiger partial charge in [-0.05, 0) is 44.2 Å². The highest BCUT2D eigenvalue weighted by Crippen LogP contribution is 2.30. The Morgan fingerprint density at radius 1 is 1.00 bits per heavy atom. The van der Waals surface area contributed by atoms with Gasteiger partial charge in [-0.2, -0.15) is 0 Å². The van der Waals surface area contributed by atoms with E-state index in [-0.39, 0.29) is 33.0 Å². The summed E-state index contributed by atoms with van der Waals surface area (Å²) in [6.07, 6.45) is 0. The Morgan fingerprint density at radius 3 is 2.11 bits per heavy atom. The summed E-state index contributed by atoms with van der Waals surface area (Å²) in [4.78, 5) is 9.85. The third-order valence-corrected chi connectivity index (χ3v) is 6.55. The molecule has 2 rings (SSSR count). The van der Waals surface area contributed by atoms with Crippen molar-refractivity contribution in [3.63, 3.8) is 0 Å². The summed E-state index contributed by atoms with van der Waals surface area (Å²) in [7, 11) is -6.64. The summed E-state index contributed by atoms with van der Waals surface area (Å²) in [5.74, 6) is -0.193. The zero-order valence-electron chi connectivity index (χ0n) is 15.2. The minimum atomic E-state index is -4.13. The fourth-order valence-electron chi connectivity index (χ4n) is 2.28. The van der Waals surface area contributed by atoms with Gasteiger partial charge < -0.3 is 4.74 Å². The number of nitrogens with one attached hydrogen (secondary N) is 2. The fourth-order valence-corrected chi connectivity index (χ4v) is 4.74. The molecular weight excluding hydrogens is 410 g/mol. The van der Waals surface area contributed by atoms with Crippen LogP contribution >= 0.6 is 0 Å². The van der Waals surface area contributed by atoms with E-state index >= 15 is 0 Å². The molecule has 0 spiro atoms. The van der Waals surface area contributed by atoms with Gasteiger partial charge in [0.05, 0.1) is 23.0 Å². The van der Waals surface area contributed by atoms with Crippen molar-refractivity contribution in [1.82, 2.24) is 4.72 Å². The Bertz CT molecular complexity index is 1080. The molecule has 2 N–H and O–H groups in total. The van der Waals surface area contributed by atoms with Gasteiger partial charge in [-0.3, -0.25) is 14.8 Å². The van der Waals surface area contributed by atoms with Crippen molar-refractivity contribution in [2.24, 2.45) is 0 Å². The first-order valence-electron chi connectivity index (χ1n) is 7.94. The molecule has 0 aliphatic heterocycles.